The number of benzene rings is 1. The summed E-state index contributed by atoms with van der Waals surface area (Å²) in [4.78, 5) is 0. The topological polar surface area (TPSA) is 47.3 Å². The molecule has 1 aromatic rings. The fourth-order valence-corrected chi connectivity index (χ4v) is 2.37. The molecule has 0 aromatic heterocycles. The Morgan fingerprint density at radius 3 is 2.47 bits per heavy atom. The molecular formula is C13H21ClN2O. The zero-order chi connectivity index (χ0) is 12.8. The lowest BCUT2D eigenvalue weighted by Crippen LogP contribution is -2.33. The molecule has 0 saturated carbocycles. The Labute approximate surface area is 108 Å². The van der Waals surface area contributed by atoms with Crippen LogP contribution < -0.4 is 16.0 Å². The summed E-state index contributed by atoms with van der Waals surface area (Å²) < 4.78 is 5.37. The number of halogens is 1. The molecule has 0 amide bonds. The second kappa shape index (κ2) is 6.84. The van der Waals surface area contributed by atoms with Crippen LogP contribution in [0.5, 0.6) is 5.75 Å². The molecule has 0 radical (unpaired) electrons. The largest absolute Gasteiger partial charge is 0.496 e. The number of nitrogens with two attached hydrogens (primary N) is 1. The second-order valence-corrected chi connectivity index (χ2v) is 4.54. The predicted octanol–water partition coefficient (Wildman–Crippen LogP) is 3.29. The van der Waals surface area contributed by atoms with Crippen LogP contribution in [0.2, 0.25) is 5.02 Å². The monoisotopic (exact) mass is 256 g/mol. The van der Waals surface area contributed by atoms with Gasteiger partial charge in [0.1, 0.15) is 5.75 Å². The van der Waals surface area contributed by atoms with E-state index in [9.17, 15) is 0 Å². The van der Waals surface area contributed by atoms with E-state index in [0.29, 0.717) is 10.9 Å². The minimum Gasteiger partial charge on any atom is -0.496 e. The molecular weight excluding hydrogens is 236 g/mol. The van der Waals surface area contributed by atoms with Gasteiger partial charge >= 0.3 is 0 Å². The Hall–Kier alpha value is -0.770. The molecule has 0 saturated heterocycles. The van der Waals surface area contributed by atoms with Crippen LogP contribution in [0.25, 0.3) is 0 Å². The molecule has 1 aromatic carbocycles. The summed E-state index contributed by atoms with van der Waals surface area (Å²) in [6.45, 7) is 4.32. The van der Waals surface area contributed by atoms with Crippen LogP contribution in [0.3, 0.4) is 0 Å². The minimum absolute atomic E-state index is 0.0682. The van der Waals surface area contributed by atoms with Gasteiger partial charge < -0.3 is 4.74 Å². The summed E-state index contributed by atoms with van der Waals surface area (Å²) in [7, 11) is 1.66. The van der Waals surface area contributed by atoms with E-state index in [0.717, 1.165) is 24.2 Å². The first-order valence-electron chi connectivity index (χ1n) is 5.97. The Kier molecular flexibility index (Phi) is 5.75. The highest BCUT2D eigenvalue weighted by molar-refractivity contribution is 6.30. The van der Waals surface area contributed by atoms with E-state index < -0.39 is 0 Å². The van der Waals surface area contributed by atoms with Crippen molar-refractivity contribution in [1.82, 2.24) is 5.43 Å². The normalized spacial score (nSPS) is 12.8. The summed E-state index contributed by atoms with van der Waals surface area (Å²) >= 11 is 6.04. The van der Waals surface area contributed by atoms with Crippen molar-refractivity contribution in [3.05, 3.63) is 28.8 Å². The molecule has 0 aliphatic carbocycles. The summed E-state index contributed by atoms with van der Waals surface area (Å²) in [5.74, 6) is 6.97. The van der Waals surface area contributed by atoms with Crippen LogP contribution in [0.4, 0.5) is 0 Å². The van der Waals surface area contributed by atoms with Crippen molar-refractivity contribution < 1.29 is 4.74 Å². The third-order valence-corrected chi connectivity index (χ3v) is 3.46. The molecule has 0 fully saturated rings. The van der Waals surface area contributed by atoms with Crippen LogP contribution in [-0.2, 0) is 0 Å². The van der Waals surface area contributed by atoms with Gasteiger partial charge in [-0.05, 0) is 24.1 Å². The van der Waals surface area contributed by atoms with Gasteiger partial charge in [0.15, 0.2) is 0 Å². The van der Waals surface area contributed by atoms with E-state index >= 15 is 0 Å². The second-order valence-electron chi connectivity index (χ2n) is 4.11. The van der Waals surface area contributed by atoms with Gasteiger partial charge in [-0.25, -0.2) is 0 Å². The molecule has 0 aliphatic rings. The molecule has 3 nitrogen and oxygen atoms in total. The molecule has 0 aliphatic heterocycles. The Morgan fingerprint density at radius 2 is 2.00 bits per heavy atom. The summed E-state index contributed by atoms with van der Waals surface area (Å²) in [5, 5.41) is 0.701. The van der Waals surface area contributed by atoms with Crippen molar-refractivity contribution >= 4 is 11.6 Å². The van der Waals surface area contributed by atoms with Crippen molar-refractivity contribution in [2.75, 3.05) is 7.11 Å². The molecule has 0 heterocycles. The quantitative estimate of drug-likeness (QED) is 0.607. The van der Waals surface area contributed by atoms with E-state index in [4.69, 9.17) is 22.2 Å². The lowest BCUT2D eigenvalue weighted by atomic mass is 9.89. The molecule has 1 unspecified atom stereocenters. The van der Waals surface area contributed by atoms with E-state index in [1.165, 1.54) is 0 Å². The van der Waals surface area contributed by atoms with Crippen LogP contribution in [0.1, 0.15) is 38.3 Å². The third kappa shape index (κ3) is 3.35. The Balaban J connectivity index is 3.13. The fraction of sp³-hybridized carbons (Fsp3) is 0.538. The first-order chi connectivity index (χ1) is 8.17. The van der Waals surface area contributed by atoms with E-state index in [2.05, 4.69) is 19.3 Å². The SMILES string of the molecule is CCC(CC)C(NN)c1cc(Cl)ccc1OC. The summed E-state index contributed by atoms with van der Waals surface area (Å²) in [6, 6.07) is 5.69. The highest BCUT2D eigenvalue weighted by Gasteiger charge is 2.22. The van der Waals surface area contributed by atoms with E-state index in [-0.39, 0.29) is 6.04 Å². The van der Waals surface area contributed by atoms with Crippen LogP contribution in [-0.4, -0.2) is 7.11 Å². The third-order valence-electron chi connectivity index (χ3n) is 3.23. The van der Waals surface area contributed by atoms with Gasteiger partial charge in [-0.15, -0.1) is 0 Å². The van der Waals surface area contributed by atoms with Gasteiger partial charge in [-0.2, -0.15) is 0 Å². The van der Waals surface area contributed by atoms with Gasteiger partial charge in [0.05, 0.1) is 13.2 Å². The maximum Gasteiger partial charge on any atom is 0.123 e. The lowest BCUT2D eigenvalue weighted by Gasteiger charge is -2.26. The van der Waals surface area contributed by atoms with Gasteiger partial charge in [0.25, 0.3) is 0 Å². The van der Waals surface area contributed by atoms with Gasteiger partial charge in [-0.3, -0.25) is 11.3 Å². The molecule has 1 atom stereocenters. The standard InChI is InChI=1S/C13H21ClN2O/c1-4-9(5-2)13(16-15)11-8-10(14)6-7-12(11)17-3/h6-9,13,16H,4-5,15H2,1-3H3. The van der Waals surface area contributed by atoms with Crippen molar-refractivity contribution in [3.8, 4) is 5.75 Å². The molecule has 96 valence electrons. The number of hydrogen-bond acceptors (Lipinski definition) is 3. The molecule has 1 rings (SSSR count). The molecule has 17 heavy (non-hydrogen) atoms. The number of nitrogens with one attached hydrogen (secondary N) is 1. The zero-order valence-corrected chi connectivity index (χ0v) is 11.4. The smallest absolute Gasteiger partial charge is 0.123 e. The van der Waals surface area contributed by atoms with Crippen LogP contribution in [0, 0.1) is 5.92 Å². The fourth-order valence-electron chi connectivity index (χ4n) is 2.19. The minimum atomic E-state index is 0.0682. The number of hydrazine groups is 1. The number of rotatable bonds is 6. The van der Waals surface area contributed by atoms with Crippen molar-refractivity contribution in [2.24, 2.45) is 11.8 Å². The summed E-state index contributed by atoms with van der Waals surface area (Å²) in [5.41, 5.74) is 3.91. The maximum atomic E-state index is 6.04. The lowest BCUT2D eigenvalue weighted by molar-refractivity contribution is 0.329. The van der Waals surface area contributed by atoms with Gasteiger partial charge in [-0.1, -0.05) is 38.3 Å². The van der Waals surface area contributed by atoms with E-state index in [1.807, 2.05) is 18.2 Å². The van der Waals surface area contributed by atoms with Crippen LogP contribution in [0.15, 0.2) is 18.2 Å². The maximum absolute atomic E-state index is 6.04. The highest BCUT2D eigenvalue weighted by Crippen LogP contribution is 2.34. The average molecular weight is 257 g/mol. The zero-order valence-electron chi connectivity index (χ0n) is 10.7. The van der Waals surface area contributed by atoms with Gasteiger partial charge in [0.2, 0.25) is 0 Å². The summed E-state index contributed by atoms with van der Waals surface area (Å²) in [6.07, 6.45) is 2.11. The van der Waals surface area contributed by atoms with Crippen molar-refractivity contribution in [3.63, 3.8) is 0 Å². The highest BCUT2D eigenvalue weighted by atomic mass is 35.5. The predicted molar refractivity (Wildman–Crippen MR) is 72.1 cm³/mol. The molecule has 0 bridgehead atoms. The number of ether oxygens (including phenoxy) is 1. The first-order valence-corrected chi connectivity index (χ1v) is 6.35. The van der Waals surface area contributed by atoms with Crippen molar-refractivity contribution in [2.45, 2.75) is 32.7 Å². The Morgan fingerprint density at radius 1 is 1.35 bits per heavy atom. The number of hydrogen-bond donors (Lipinski definition) is 2. The molecule has 0 spiro atoms. The van der Waals surface area contributed by atoms with E-state index in [1.54, 1.807) is 7.11 Å². The van der Waals surface area contributed by atoms with Crippen molar-refractivity contribution in [1.29, 1.82) is 0 Å². The average Bonchev–Trinajstić information content (AvgIpc) is 2.35. The Bertz CT molecular complexity index is 353. The first kappa shape index (κ1) is 14.3. The van der Waals surface area contributed by atoms with Crippen LogP contribution >= 0.6 is 11.6 Å². The van der Waals surface area contributed by atoms with Gasteiger partial charge in [0, 0.05) is 10.6 Å². The number of methoxy groups -OCH3 is 1. The molecule has 4 heteroatoms. The molecule has 3 N–H and O–H groups in total.